The van der Waals surface area contributed by atoms with Crippen LogP contribution in [0.3, 0.4) is 0 Å². The van der Waals surface area contributed by atoms with Crippen molar-refractivity contribution < 1.29 is 4.43 Å². The Hall–Kier alpha value is -0.313. The van der Waals surface area contributed by atoms with Crippen molar-refractivity contribution in [2.45, 2.75) is 46.1 Å². The molecule has 1 aromatic carbocycles. The molecule has 1 nitrogen and oxygen atoms in total. The molecule has 1 saturated carbocycles. The third kappa shape index (κ3) is 4.07. The second-order valence-electron chi connectivity index (χ2n) is 6.12. The highest BCUT2D eigenvalue weighted by Gasteiger charge is 2.33. The summed E-state index contributed by atoms with van der Waals surface area (Å²) in [5.41, 5.74) is 0. The van der Waals surface area contributed by atoms with Gasteiger partial charge in [-0.25, -0.2) is 0 Å². The van der Waals surface area contributed by atoms with Crippen LogP contribution in [-0.2, 0) is 4.43 Å². The molecular formula is C16H24ClOSi. The van der Waals surface area contributed by atoms with Crippen LogP contribution in [0.2, 0.25) is 0 Å². The number of hydrogen-bond acceptors (Lipinski definition) is 1. The van der Waals surface area contributed by atoms with Crippen LogP contribution in [0, 0.1) is 17.8 Å². The summed E-state index contributed by atoms with van der Waals surface area (Å²) < 4.78 is 6.29. The highest BCUT2D eigenvalue weighted by atomic mass is 35.6. The maximum atomic E-state index is 6.54. The van der Waals surface area contributed by atoms with Crippen LogP contribution in [0.25, 0.3) is 0 Å². The Morgan fingerprint density at radius 3 is 2.53 bits per heavy atom. The first-order valence-corrected chi connectivity index (χ1v) is 9.74. The fraction of sp³-hybridized carbons (Fsp3) is 0.625. The van der Waals surface area contributed by atoms with Gasteiger partial charge in [0.1, 0.15) is 0 Å². The first-order valence-electron chi connectivity index (χ1n) is 7.32. The highest BCUT2D eigenvalue weighted by Crippen LogP contribution is 2.35. The Kier molecular flexibility index (Phi) is 5.49. The van der Waals surface area contributed by atoms with E-state index in [9.17, 15) is 0 Å². The zero-order valence-electron chi connectivity index (χ0n) is 12.1. The van der Waals surface area contributed by atoms with Crippen molar-refractivity contribution in [2.24, 2.45) is 17.8 Å². The Balaban J connectivity index is 2.02. The van der Waals surface area contributed by atoms with Gasteiger partial charge in [-0.2, -0.15) is 0 Å². The Bertz CT molecular complexity index is 382. The van der Waals surface area contributed by atoms with Crippen molar-refractivity contribution in [3.8, 4) is 0 Å². The zero-order valence-corrected chi connectivity index (χ0v) is 13.9. The normalized spacial score (nSPS) is 28.0. The molecule has 1 radical (unpaired) electrons. The summed E-state index contributed by atoms with van der Waals surface area (Å²) in [4.78, 5) is 0. The number of rotatable bonds is 4. The van der Waals surface area contributed by atoms with Gasteiger partial charge in [0, 0.05) is 6.10 Å². The molecule has 0 aromatic heterocycles. The summed E-state index contributed by atoms with van der Waals surface area (Å²) in [5, 5.41) is 1.16. The molecule has 0 saturated heterocycles. The lowest BCUT2D eigenvalue weighted by Crippen LogP contribution is -2.40. The van der Waals surface area contributed by atoms with Gasteiger partial charge in [0.05, 0.1) is 0 Å². The van der Waals surface area contributed by atoms with E-state index in [1.165, 1.54) is 12.8 Å². The van der Waals surface area contributed by atoms with E-state index in [0.29, 0.717) is 17.9 Å². The highest BCUT2D eigenvalue weighted by molar-refractivity contribution is 7.10. The topological polar surface area (TPSA) is 9.23 Å². The molecule has 105 valence electrons. The van der Waals surface area contributed by atoms with Gasteiger partial charge in [-0.05, 0) is 35.8 Å². The third-order valence-corrected chi connectivity index (χ3v) is 6.44. The van der Waals surface area contributed by atoms with Gasteiger partial charge in [-0.3, -0.25) is 0 Å². The molecule has 0 bridgehead atoms. The van der Waals surface area contributed by atoms with E-state index in [0.717, 1.165) is 17.5 Å². The summed E-state index contributed by atoms with van der Waals surface area (Å²) in [7, 11) is -1.38. The summed E-state index contributed by atoms with van der Waals surface area (Å²) in [6.07, 6.45) is 4.12. The lowest BCUT2D eigenvalue weighted by Gasteiger charge is -2.38. The van der Waals surface area contributed by atoms with Crippen LogP contribution in [0.5, 0.6) is 0 Å². The van der Waals surface area contributed by atoms with Gasteiger partial charge < -0.3 is 4.43 Å². The van der Waals surface area contributed by atoms with Crippen LogP contribution < -0.4 is 5.19 Å². The molecule has 0 N–H and O–H groups in total. The van der Waals surface area contributed by atoms with E-state index >= 15 is 0 Å². The fourth-order valence-electron chi connectivity index (χ4n) is 3.02. The molecule has 3 heteroatoms. The number of hydrogen-bond donors (Lipinski definition) is 0. The molecule has 0 spiro atoms. The first kappa shape index (κ1) is 15.1. The van der Waals surface area contributed by atoms with Gasteiger partial charge in [0.15, 0.2) is 0 Å². The van der Waals surface area contributed by atoms with Crippen LogP contribution in [0.15, 0.2) is 30.3 Å². The molecule has 1 fully saturated rings. The van der Waals surface area contributed by atoms with Crippen LogP contribution in [0.4, 0.5) is 0 Å². The average molecular weight is 296 g/mol. The minimum absolute atomic E-state index is 0.343. The van der Waals surface area contributed by atoms with E-state index in [-0.39, 0.29) is 0 Å². The van der Waals surface area contributed by atoms with E-state index in [1.807, 2.05) is 18.2 Å². The van der Waals surface area contributed by atoms with Gasteiger partial charge >= 0.3 is 8.35 Å². The van der Waals surface area contributed by atoms with Crippen LogP contribution in [0.1, 0.15) is 40.0 Å². The molecular weight excluding hydrogens is 272 g/mol. The van der Waals surface area contributed by atoms with Gasteiger partial charge in [-0.1, -0.05) is 57.5 Å². The third-order valence-electron chi connectivity index (χ3n) is 4.22. The Morgan fingerprint density at radius 1 is 1.21 bits per heavy atom. The summed E-state index contributed by atoms with van der Waals surface area (Å²) in [6.45, 7) is 6.94. The van der Waals surface area contributed by atoms with Crippen molar-refractivity contribution in [1.82, 2.24) is 0 Å². The van der Waals surface area contributed by atoms with E-state index in [4.69, 9.17) is 15.5 Å². The molecule has 3 unspecified atom stereocenters. The Labute approximate surface area is 123 Å². The van der Waals surface area contributed by atoms with E-state index in [1.54, 1.807) is 0 Å². The van der Waals surface area contributed by atoms with Crippen LogP contribution >= 0.6 is 11.1 Å². The van der Waals surface area contributed by atoms with Crippen molar-refractivity contribution in [3.63, 3.8) is 0 Å². The lowest BCUT2D eigenvalue weighted by atomic mass is 9.75. The van der Waals surface area contributed by atoms with Crippen molar-refractivity contribution in [3.05, 3.63) is 30.3 Å². The van der Waals surface area contributed by atoms with Crippen molar-refractivity contribution in [2.75, 3.05) is 0 Å². The molecule has 0 heterocycles. The summed E-state index contributed by atoms with van der Waals surface area (Å²) in [5.74, 6) is 2.11. The summed E-state index contributed by atoms with van der Waals surface area (Å²) in [6, 6.07) is 10.3. The van der Waals surface area contributed by atoms with Gasteiger partial charge in [0.2, 0.25) is 0 Å². The first-order chi connectivity index (χ1) is 9.08. The molecule has 1 aromatic rings. The van der Waals surface area contributed by atoms with Crippen molar-refractivity contribution >= 4 is 24.6 Å². The number of halogens is 1. The smallest absolute Gasteiger partial charge is 0.360 e. The quantitative estimate of drug-likeness (QED) is 0.600. The second kappa shape index (κ2) is 6.92. The number of benzene rings is 1. The standard InChI is InChI=1S/C16H24ClOSi/c1-12(2)15-10-9-13(3)11-16(15)18-19(17)14-7-5-4-6-8-14/h4-8,12-13,15-16H,9-11H2,1-3H3. The molecule has 3 atom stereocenters. The molecule has 0 amide bonds. The molecule has 19 heavy (non-hydrogen) atoms. The molecule has 1 aliphatic rings. The maximum absolute atomic E-state index is 6.54. The average Bonchev–Trinajstić information content (AvgIpc) is 2.39. The Morgan fingerprint density at radius 2 is 1.89 bits per heavy atom. The second-order valence-corrected chi connectivity index (χ2v) is 8.51. The predicted octanol–water partition coefficient (Wildman–Crippen LogP) is 4.10. The maximum Gasteiger partial charge on any atom is 0.360 e. The molecule has 1 aliphatic carbocycles. The monoisotopic (exact) mass is 295 g/mol. The minimum atomic E-state index is -1.38. The largest absolute Gasteiger partial charge is 0.396 e. The summed E-state index contributed by atoms with van der Waals surface area (Å²) >= 11 is 6.54. The van der Waals surface area contributed by atoms with Gasteiger partial charge in [0.25, 0.3) is 0 Å². The van der Waals surface area contributed by atoms with Crippen molar-refractivity contribution in [1.29, 1.82) is 0 Å². The van der Waals surface area contributed by atoms with E-state index < -0.39 is 8.35 Å². The fourth-order valence-corrected chi connectivity index (χ4v) is 4.87. The van der Waals surface area contributed by atoms with Gasteiger partial charge in [-0.15, -0.1) is 11.1 Å². The zero-order chi connectivity index (χ0) is 13.8. The molecule has 0 aliphatic heterocycles. The molecule has 2 rings (SSSR count). The lowest BCUT2D eigenvalue weighted by molar-refractivity contribution is 0.0486. The minimum Gasteiger partial charge on any atom is -0.396 e. The van der Waals surface area contributed by atoms with E-state index in [2.05, 4.69) is 32.9 Å². The van der Waals surface area contributed by atoms with Crippen LogP contribution in [-0.4, -0.2) is 14.5 Å². The SMILES string of the molecule is CC1CCC(C(C)C)C(O[Si](Cl)c2ccccc2)C1. The predicted molar refractivity (Wildman–Crippen MR) is 83.9 cm³/mol.